The number of rotatable bonds is 3. The van der Waals surface area contributed by atoms with Gasteiger partial charge in [-0.1, -0.05) is 34.1 Å². The van der Waals surface area contributed by atoms with Gasteiger partial charge in [0, 0.05) is 0 Å². The van der Waals surface area contributed by atoms with E-state index >= 15 is 0 Å². The van der Waals surface area contributed by atoms with Crippen LogP contribution in [-0.4, -0.2) is 6.54 Å². The molecule has 82 valence electrons. The van der Waals surface area contributed by atoms with Gasteiger partial charge in [-0.05, 0) is 30.6 Å². The molecule has 0 fully saturated rings. The molecule has 0 aliphatic heterocycles. The second-order valence-electron chi connectivity index (χ2n) is 5.41. The van der Waals surface area contributed by atoms with Gasteiger partial charge in [-0.2, -0.15) is 5.70 Å². The largest absolute Gasteiger partial charge is 1.00 e. The average Bonchev–Trinajstić information content (AvgIpc) is 2.14. The first-order valence-corrected chi connectivity index (χ1v) is 5.90. The molecule has 15 heavy (non-hydrogen) atoms. The summed E-state index contributed by atoms with van der Waals surface area (Å²) in [6.07, 6.45) is 7.27. The molecule has 1 aliphatic rings. The molecule has 0 bridgehead atoms. The molecule has 0 radical (unpaired) electrons. The van der Waals surface area contributed by atoms with Gasteiger partial charge < -0.3 is 5.32 Å². The number of hydrogen-bond donors (Lipinski definition) is 0. The Bertz CT molecular complexity index is 203. The van der Waals surface area contributed by atoms with E-state index in [1.807, 2.05) is 0 Å². The van der Waals surface area contributed by atoms with Crippen molar-refractivity contribution in [2.24, 2.45) is 11.3 Å². The molecule has 0 aromatic heterocycles. The Kier molecular flexibility index (Phi) is 6.72. The summed E-state index contributed by atoms with van der Waals surface area (Å²) in [5.41, 5.74) is 1.82. The minimum Gasteiger partial charge on any atom is -0.688 e. The van der Waals surface area contributed by atoms with Gasteiger partial charge in [0.15, 0.2) is 0 Å². The molecule has 0 aromatic carbocycles. The molecule has 1 unspecified atom stereocenters. The first kappa shape index (κ1) is 15.1. The molecule has 0 N–H and O–H groups in total. The van der Waals surface area contributed by atoms with Gasteiger partial charge in [0.05, 0.1) is 0 Å². The minimum atomic E-state index is 0. The van der Waals surface area contributed by atoms with Crippen LogP contribution in [-0.2, 0) is 0 Å². The van der Waals surface area contributed by atoms with Crippen LogP contribution in [0.5, 0.6) is 0 Å². The van der Waals surface area contributed by atoms with Gasteiger partial charge >= 0.3 is 18.9 Å². The predicted molar refractivity (Wildman–Crippen MR) is 63.4 cm³/mol. The van der Waals surface area contributed by atoms with E-state index in [9.17, 15) is 0 Å². The van der Waals surface area contributed by atoms with Crippen molar-refractivity contribution in [1.82, 2.24) is 0 Å². The van der Waals surface area contributed by atoms with E-state index in [0.717, 1.165) is 12.5 Å². The van der Waals surface area contributed by atoms with Gasteiger partial charge in [0.1, 0.15) is 0 Å². The molecule has 1 aliphatic carbocycles. The third kappa shape index (κ3) is 5.14. The normalized spacial score (nSPS) is 21.6. The van der Waals surface area contributed by atoms with Crippen molar-refractivity contribution < 1.29 is 18.9 Å². The van der Waals surface area contributed by atoms with E-state index in [2.05, 4.69) is 39.1 Å². The SMILES string of the molecule is CCC[N-]C1=CCC(C(C)(C)C)CC1.[Li+]. The van der Waals surface area contributed by atoms with Gasteiger partial charge in [-0.25, -0.2) is 0 Å². The fraction of sp³-hybridized carbons (Fsp3) is 0.846. The smallest absolute Gasteiger partial charge is 0.688 e. The van der Waals surface area contributed by atoms with Crippen molar-refractivity contribution >= 4 is 0 Å². The van der Waals surface area contributed by atoms with Crippen molar-refractivity contribution in [3.05, 3.63) is 17.1 Å². The van der Waals surface area contributed by atoms with Gasteiger partial charge in [0.2, 0.25) is 0 Å². The predicted octanol–water partition coefficient (Wildman–Crippen LogP) is 1.50. The second-order valence-corrected chi connectivity index (χ2v) is 5.41. The summed E-state index contributed by atoms with van der Waals surface area (Å²) < 4.78 is 0. The van der Waals surface area contributed by atoms with Crippen LogP contribution in [0.15, 0.2) is 11.8 Å². The van der Waals surface area contributed by atoms with Crippen LogP contribution in [0.4, 0.5) is 0 Å². The van der Waals surface area contributed by atoms with E-state index in [4.69, 9.17) is 0 Å². The van der Waals surface area contributed by atoms with Crippen molar-refractivity contribution in [2.45, 2.75) is 53.4 Å². The van der Waals surface area contributed by atoms with Crippen LogP contribution >= 0.6 is 0 Å². The maximum Gasteiger partial charge on any atom is 1.00 e. The summed E-state index contributed by atoms with van der Waals surface area (Å²) in [6.45, 7) is 10.2. The number of allylic oxidation sites excluding steroid dienone is 2. The van der Waals surface area contributed by atoms with Crippen molar-refractivity contribution in [1.29, 1.82) is 0 Å². The Balaban J connectivity index is 0.00000196. The molecule has 0 aromatic rings. The van der Waals surface area contributed by atoms with Crippen molar-refractivity contribution in [2.75, 3.05) is 6.54 Å². The molecule has 1 rings (SSSR count). The van der Waals surface area contributed by atoms with Gasteiger partial charge in [-0.15, -0.1) is 12.6 Å². The molecule has 0 saturated carbocycles. The zero-order valence-electron chi connectivity index (χ0n) is 11.1. The first-order valence-electron chi connectivity index (χ1n) is 5.90. The quantitative estimate of drug-likeness (QED) is 0.614. The standard InChI is InChI=1S/C13H24N.Li/c1-5-10-14-12-8-6-11(7-9-12)13(2,3)4;/h8,11H,5-7,9-10H2,1-4H3;/q-1;+1. The van der Waals surface area contributed by atoms with Gasteiger partial charge in [0.25, 0.3) is 0 Å². The summed E-state index contributed by atoms with van der Waals surface area (Å²) >= 11 is 0. The van der Waals surface area contributed by atoms with E-state index < -0.39 is 0 Å². The van der Waals surface area contributed by atoms with Crippen molar-refractivity contribution in [3.8, 4) is 0 Å². The first-order chi connectivity index (χ1) is 6.54. The molecule has 2 heteroatoms. The Labute approximate surface area is 107 Å². The summed E-state index contributed by atoms with van der Waals surface area (Å²) in [7, 11) is 0. The summed E-state index contributed by atoms with van der Waals surface area (Å²) in [5.74, 6) is 0.850. The van der Waals surface area contributed by atoms with Crippen LogP contribution in [0, 0.1) is 11.3 Å². The third-order valence-electron chi connectivity index (χ3n) is 3.15. The van der Waals surface area contributed by atoms with Crippen molar-refractivity contribution in [3.63, 3.8) is 0 Å². The van der Waals surface area contributed by atoms with E-state index in [0.29, 0.717) is 5.41 Å². The topological polar surface area (TPSA) is 14.1 Å². The number of hydrogen-bond acceptors (Lipinski definition) is 0. The molecule has 0 heterocycles. The molecular weight excluding hydrogens is 177 g/mol. The van der Waals surface area contributed by atoms with E-state index in [1.54, 1.807) is 0 Å². The summed E-state index contributed by atoms with van der Waals surface area (Å²) in [4.78, 5) is 0. The van der Waals surface area contributed by atoms with Crippen LogP contribution in [0.2, 0.25) is 0 Å². The second kappa shape index (κ2) is 6.66. The average molecular weight is 201 g/mol. The summed E-state index contributed by atoms with van der Waals surface area (Å²) in [6, 6.07) is 0. The third-order valence-corrected chi connectivity index (χ3v) is 3.15. The van der Waals surface area contributed by atoms with E-state index in [1.165, 1.54) is 31.4 Å². The van der Waals surface area contributed by atoms with Crippen LogP contribution in [0.3, 0.4) is 0 Å². The molecule has 0 spiro atoms. The molecule has 0 saturated heterocycles. The zero-order chi connectivity index (χ0) is 10.6. The van der Waals surface area contributed by atoms with Crippen LogP contribution in [0.25, 0.3) is 5.32 Å². The van der Waals surface area contributed by atoms with Gasteiger partial charge in [-0.3, -0.25) is 0 Å². The fourth-order valence-corrected chi connectivity index (χ4v) is 2.01. The van der Waals surface area contributed by atoms with E-state index in [-0.39, 0.29) is 18.9 Å². The Hall–Kier alpha value is 0.137. The molecule has 1 nitrogen and oxygen atoms in total. The monoisotopic (exact) mass is 201 g/mol. The Morgan fingerprint density at radius 2 is 2.07 bits per heavy atom. The molecule has 1 atom stereocenters. The van der Waals surface area contributed by atoms with Crippen LogP contribution in [0.1, 0.15) is 53.4 Å². The number of nitrogens with zero attached hydrogens (tertiary/aromatic N) is 1. The van der Waals surface area contributed by atoms with Crippen LogP contribution < -0.4 is 18.9 Å². The zero-order valence-corrected chi connectivity index (χ0v) is 11.1. The Morgan fingerprint density at radius 1 is 1.40 bits per heavy atom. The fourth-order valence-electron chi connectivity index (χ4n) is 2.01. The summed E-state index contributed by atoms with van der Waals surface area (Å²) in [5, 5.41) is 4.58. The molecular formula is C13H24LiN. The maximum absolute atomic E-state index is 4.58. The Morgan fingerprint density at radius 3 is 2.47 bits per heavy atom. The molecule has 0 amide bonds. The minimum absolute atomic E-state index is 0. The maximum atomic E-state index is 4.58.